The highest BCUT2D eigenvalue weighted by Gasteiger charge is 2.70. The van der Waals surface area contributed by atoms with Crippen molar-refractivity contribution in [3.8, 4) is 17.2 Å². The Morgan fingerprint density at radius 1 is 0.475 bits per heavy atom. The number of benzene rings is 3. The Hall–Kier alpha value is -10.4. The Morgan fingerprint density at radius 2 is 0.791 bits per heavy atom. The first-order valence-electron chi connectivity index (χ1n) is 48.5. The summed E-state index contributed by atoms with van der Waals surface area (Å²) < 4.78 is 90.3. The molecule has 9 N–H and O–H groups in total. The van der Waals surface area contributed by atoms with Gasteiger partial charge in [-0.3, -0.25) is 33.6 Å². The van der Waals surface area contributed by atoms with Gasteiger partial charge in [0.05, 0.1) is 66.2 Å². The standard InChI is InChI=1S/C62H74F2N6O13.C21H28O5.C20H24FN3O4.2CH4/c1-30-42-49(55(79-7)51(47(30)63)67-23-19-65-20-24-67)69(35-10-11-35)32(3)44(53(42)74)57(76)82-59(81-29-41(73)62(78)18-16-39-38-14-9-34-27-37(71)15-17-60(34,5)46(38)40(72)28-61(39,62)6)83-58(77)45-33(4)70(36-12-13-36)50-43(54(45)75)31(2)48(64)52(56(50)80-8)68-25-21-66-22-26-68;1-19-7-5-13(23)9-12(19)3-4-14-15-6-8-21(26,17(25)11-22)20(15,2)10-16(24)18(14)19;1-10-13-16(19(28-3)17(15(10)21)23-8-6-22-7-9-23)24(12-4-5-12)11(2)14(18(13)25)20(26)27;;/h15,17,27,35-36,38-40,46,59,65-66,72,78H,9-14,16,18-26,28-29H2,1-8H3;5,7,9,14-16,18,22,24,26H,3-4,6,8,10-11H2,1-2H3;12,22H,4-9H2,1-3H3,(H,26,27);2*1H4/t38-,39-,40-,46+,60-,61-,62-;14-,15-,16-,18+,19-,20-,21-;;;/m00.../s1. The molecule has 752 valence electrons. The largest absolute Gasteiger partial charge is 0.492 e. The van der Waals surface area contributed by atoms with Crippen molar-refractivity contribution in [1.82, 2.24) is 29.7 Å². The number of allylic oxidation sites excluding steroid dienone is 8. The number of carbonyl (C=O) groups excluding carboxylic acids is 6. The number of methoxy groups -OCH3 is 3. The predicted molar refractivity (Wildman–Crippen MR) is 517 cm³/mol. The molecule has 0 unspecified atom stereocenters. The second-order valence-electron chi connectivity index (χ2n) is 41.5. The van der Waals surface area contributed by atoms with Crippen LogP contribution in [-0.4, -0.2) is 228 Å². The first-order valence-corrected chi connectivity index (χ1v) is 48.5. The summed E-state index contributed by atoms with van der Waals surface area (Å²) in [6, 6.07) is -0.360. The summed E-state index contributed by atoms with van der Waals surface area (Å²) in [6.45, 7) is 19.8. The number of hydrogen-bond acceptors (Lipinski definition) is 27. The first-order chi connectivity index (χ1) is 65.2. The molecule has 6 aromatic rings. The number of aryl methyl sites for hydroxylation is 3. The lowest BCUT2D eigenvalue weighted by Gasteiger charge is -2.59. The van der Waals surface area contributed by atoms with Gasteiger partial charge in [0.25, 0.3) is 0 Å². The molecule has 34 heteroatoms. The molecule has 9 saturated carbocycles. The maximum atomic E-state index is 16.9. The number of piperazine rings is 3. The van der Waals surface area contributed by atoms with Crippen molar-refractivity contribution in [2.75, 3.05) is 128 Å². The number of ether oxygens (including phenoxy) is 6. The molecular weight excluding hydrogens is 1800 g/mol. The fourth-order valence-electron chi connectivity index (χ4n) is 27.2. The summed E-state index contributed by atoms with van der Waals surface area (Å²) in [5.41, 5.74) is -5.72. The van der Waals surface area contributed by atoms with Crippen molar-refractivity contribution in [2.24, 2.45) is 57.2 Å². The third kappa shape index (κ3) is 16.1. The number of ketones is 4. The number of aromatic carboxylic acids is 1. The lowest BCUT2D eigenvalue weighted by Crippen LogP contribution is -2.61. The lowest BCUT2D eigenvalue weighted by molar-refractivity contribution is -0.237. The number of halogens is 3. The van der Waals surface area contributed by atoms with Gasteiger partial charge in [0.2, 0.25) is 16.3 Å². The van der Waals surface area contributed by atoms with Gasteiger partial charge in [-0.05, 0) is 192 Å². The molecule has 139 heavy (non-hydrogen) atoms. The quantitative estimate of drug-likeness (QED) is 0.0253. The zero-order valence-corrected chi connectivity index (χ0v) is 80.1. The molecule has 3 aromatic heterocycles. The number of aliphatic hydroxyl groups excluding tert-OH is 3. The SMILES string of the molecule is C.C.COc1c(N2CCNCC2)c(F)c(C)c2c(=O)c(C(=O)O)c(C)n(C3CC3)c12.COc1c(N2CCNCC2)c(F)c(C)c2c(=O)c(C(=O)OC(OCC(=O)[C@@]3(O)CC[C@H]4[C@@H]5CCC6=CC(=O)C=C[C@]6(C)[C@H]5[C@@H](O)C[C@@]43C)OC(=O)c3c(C)n(C4CC4)c4c(OC)c(N5CCNCC5)c(F)c(C)c4c3=O)c(C)n(C3CC3)c12.C[C@]12C=CC(=O)C=C1CC[C@@H]1[C@@H]2[C@@H](O)C[C@@]2(C)[C@H]1CC[C@]2(O)C(=O)CO. The van der Waals surface area contributed by atoms with Crippen molar-refractivity contribution in [3.05, 3.63) is 146 Å². The van der Waals surface area contributed by atoms with Crippen LogP contribution >= 0.6 is 0 Å². The summed E-state index contributed by atoms with van der Waals surface area (Å²) in [6.07, 6.45) is 17.8. The average Bonchev–Trinajstić information content (AvgIpc) is 1.65. The van der Waals surface area contributed by atoms with Gasteiger partial charge >= 0.3 is 24.4 Å². The van der Waals surface area contributed by atoms with Crippen LogP contribution in [0.2, 0.25) is 0 Å². The van der Waals surface area contributed by atoms with Gasteiger partial charge in [-0.1, -0.05) is 65.8 Å². The number of aromatic nitrogens is 3. The number of carbonyl (C=O) groups is 7. The van der Waals surface area contributed by atoms with E-state index in [2.05, 4.69) is 22.9 Å². The van der Waals surface area contributed by atoms with Crippen molar-refractivity contribution >= 4 is 90.8 Å². The highest BCUT2D eigenvalue weighted by Crippen LogP contribution is 2.70. The molecule has 0 spiro atoms. The molecule has 3 aromatic carbocycles. The third-order valence-electron chi connectivity index (χ3n) is 34.4. The number of carboxylic acids is 1. The topological polar surface area (TPSA) is 408 Å². The normalized spacial score (nSPS) is 29.4. The van der Waals surface area contributed by atoms with E-state index in [0.717, 1.165) is 56.3 Å². The van der Waals surface area contributed by atoms with E-state index in [9.17, 15) is 59.4 Å². The van der Waals surface area contributed by atoms with E-state index in [4.69, 9.17) is 28.4 Å². The van der Waals surface area contributed by atoms with Gasteiger partial charge in [-0.25, -0.2) is 27.6 Å². The maximum Gasteiger partial charge on any atom is 0.365 e. The van der Waals surface area contributed by atoms with Gasteiger partial charge in [-0.15, -0.1) is 0 Å². The molecule has 3 aliphatic heterocycles. The Bertz CT molecular complexity index is 6240. The van der Waals surface area contributed by atoms with Crippen molar-refractivity contribution in [3.63, 3.8) is 0 Å². The Labute approximate surface area is 805 Å². The summed E-state index contributed by atoms with van der Waals surface area (Å²) in [7, 11) is 4.27. The predicted octanol–water partition coefficient (Wildman–Crippen LogP) is 11.3. The van der Waals surface area contributed by atoms with Crippen LogP contribution in [0.5, 0.6) is 17.2 Å². The van der Waals surface area contributed by atoms with E-state index in [0.29, 0.717) is 157 Å². The second kappa shape index (κ2) is 37.8. The number of Topliss-reactive ketones (excluding diaryl/α,β-unsaturated/α-hetero) is 2. The molecule has 3 saturated heterocycles. The van der Waals surface area contributed by atoms with Crippen LogP contribution in [0.25, 0.3) is 32.7 Å². The highest BCUT2D eigenvalue weighted by atomic mass is 19.1. The van der Waals surface area contributed by atoms with E-state index >= 15 is 32.3 Å². The number of nitrogens with zero attached hydrogens (tertiary/aromatic N) is 6. The molecular formula is C105H134F3N9O22. The number of aliphatic hydroxyl groups is 5. The minimum absolute atomic E-state index is 0. The number of pyridine rings is 3. The fourth-order valence-corrected chi connectivity index (χ4v) is 27.2. The zero-order valence-electron chi connectivity index (χ0n) is 80.1. The Balaban J connectivity index is 0.000000201. The Morgan fingerprint density at radius 3 is 1.10 bits per heavy atom. The number of hydrogen-bond donors (Lipinski definition) is 9. The molecule has 14 aliphatic rings. The second-order valence-corrected chi connectivity index (χ2v) is 41.5. The van der Waals surface area contributed by atoms with Gasteiger partial charge in [0, 0.05) is 164 Å². The van der Waals surface area contributed by atoms with E-state index in [1.54, 1.807) is 62.0 Å². The molecule has 0 bridgehead atoms. The number of anilines is 3. The van der Waals surface area contributed by atoms with Crippen LogP contribution in [0.4, 0.5) is 30.2 Å². The molecule has 20 rings (SSSR count). The van der Waals surface area contributed by atoms with Crippen LogP contribution in [-0.2, 0) is 33.4 Å². The number of carboxylic acid groups (broad SMARTS) is 1. The van der Waals surface area contributed by atoms with Gasteiger partial charge in [-0.2, -0.15) is 0 Å². The molecule has 6 heterocycles. The first kappa shape index (κ1) is 102. The fraction of sp³-hybridized carbons (Fsp3) is 0.600. The van der Waals surface area contributed by atoms with E-state index in [1.807, 2.05) is 45.3 Å². The van der Waals surface area contributed by atoms with Crippen molar-refractivity contribution < 1.29 is 106 Å². The van der Waals surface area contributed by atoms with Gasteiger partial charge < -0.3 is 103 Å². The molecule has 31 nitrogen and oxygen atoms in total. The number of nitrogens with one attached hydrogen (secondary N) is 3. The van der Waals surface area contributed by atoms with Crippen LogP contribution in [0.3, 0.4) is 0 Å². The van der Waals surface area contributed by atoms with Crippen LogP contribution in [0, 0.1) is 116 Å². The monoisotopic (exact) mass is 1930 g/mol. The number of esters is 2. The van der Waals surface area contributed by atoms with Crippen LogP contribution in [0.15, 0.2) is 62.0 Å². The number of fused-ring (bicyclic) bond motifs is 13. The summed E-state index contributed by atoms with van der Waals surface area (Å²) in [5, 5.41) is 75.8. The molecule has 11 aliphatic carbocycles. The van der Waals surface area contributed by atoms with Gasteiger partial charge in [0.1, 0.15) is 58.2 Å². The van der Waals surface area contributed by atoms with E-state index < -0.39 is 134 Å². The zero-order chi connectivity index (χ0) is 98.0. The molecule has 0 radical (unpaired) electrons. The van der Waals surface area contributed by atoms with E-state index in [-0.39, 0.29) is 171 Å². The summed E-state index contributed by atoms with van der Waals surface area (Å²) in [4.78, 5) is 142. The summed E-state index contributed by atoms with van der Waals surface area (Å²) >= 11 is 0. The number of rotatable bonds is 20. The van der Waals surface area contributed by atoms with E-state index in [1.165, 1.54) is 41.3 Å². The third-order valence-corrected chi connectivity index (χ3v) is 34.4. The lowest BCUT2D eigenvalue weighted by atomic mass is 9.46. The average molecular weight is 1930 g/mol. The smallest absolute Gasteiger partial charge is 0.365 e. The highest BCUT2D eigenvalue weighted by molar-refractivity contribution is 6.05. The minimum Gasteiger partial charge on any atom is -0.492 e. The van der Waals surface area contributed by atoms with Crippen LogP contribution in [0.1, 0.15) is 228 Å². The van der Waals surface area contributed by atoms with Gasteiger partial charge in [0.15, 0.2) is 57.8 Å². The molecule has 12 fully saturated rings. The van der Waals surface area contributed by atoms with Crippen molar-refractivity contribution in [2.45, 2.75) is 235 Å². The maximum absolute atomic E-state index is 16.9. The Kier molecular flexibility index (Phi) is 27.6. The molecule has 14 atom stereocenters. The van der Waals surface area contributed by atoms with Crippen molar-refractivity contribution in [1.29, 1.82) is 0 Å². The minimum atomic E-state index is -2.46. The summed E-state index contributed by atoms with van der Waals surface area (Å²) in [5.74, 6) is -7.23. The van der Waals surface area contributed by atoms with Crippen LogP contribution < -0.4 is 61.1 Å². The molecule has 0 amide bonds.